The fraction of sp³-hybridized carbons (Fsp3) is 0.545. The van der Waals surface area contributed by atoms with E-state index in [4.69, 9.17) is 0 Å². The zero-order valence-electron chi connectivity index (χ0n) is 10.0. The van der Waals surface area contributed by atoms with Gasteiger partial charge >= 0.3 is 5.69 Å². The number of pyridine rings is 1. The van der Waals surface area contributed by atoms with Gasteiger partial charge in [0, 0.05) is 25.7 Å². The molecule has 0 aromatic carbocycles. The molecule has 0 atom stereocenters. The maximum absolute atomic E-state index is 11.0. The molecule has 0 spiro atoms. The second kappa shape index (κ2) is 4.57. The summed E-state index contributed by atoms with van der Waals surface area (Å²) in [7, 11) is 1.76. The van der Waals surface area contributed by atoms with E-state index in [-0.39, 0.29) is 10.6 Å². The Morgan fingerprint density at radius 1 is 1.59 bits per heavy atom. The first kappa shape index (κ1) is 11.6. The number of nitrogens with one attached hydrogen (secondary N) is 1. The normalized spacial score (nSPS) is 14.5. The maximum Gasteiger partial charge on any atom is 0.311 e. The van der Waals surface area contributed by atoms with Gasteiger partial charge in [-0.2, -0.15) is 0 Å². The van der Waals surface area contributed by atoms with E-state index < -0.39 is 0 Å². The van der Waals surface area contributed by atoms with Crippen LogP contribution in [0.4, 0.5) is 17.3 Å². The first-order chi connectivity index (χ1) is 8.17. The van der Waals surface area contributed by atoms with Crippen molar-refractivity contribution < 1.29 is 4.92 Å². The predicted octanol–water partition coefficient (Wildman–Crippen LogP) is 2.02. The molecule has 6 nitrogen and oxygen atoms in total. The molecule has 1 aromatic rings. The van der Waals surface area contributed by atoms with Crippen LogP contribution >= 0.6 is 0 Å². The third kappa shape index (κ3) is 2.30. The topological polar surface area (TPSA) is 71.3 Å². The van der Waals surface area contributed by atoms with Crippen LogP contribution in [-0.4, -0.2) is 29.5 Å². The molecule has 0 unspecified atom stereocenters. The van der Waals surface area contributed by atoms with Crippen LogP contribution in [0.5, 0.6) is 0 Å². The van der Waals surface area contributed by atoms with Crippen LogP contribution < -0.4 is 10.2 Å². The zero-order valence-corrected chi connectivity index (χ0v) is 10.0. The number of hydrogen-bond donors (Lipinski definition) is 1. The minimum atomic E-state index is -0.368. The van der Waals surface area contributed by atoms with Crippen molar-refractivity contribution in [3.8, 4) is 0 Å². The maximum atomic E-state index is 11.0. The molecular formula is C11H16N4O2. The van der Waals surface area contributed by atoms with Crippen LogP contribution in [0.25, 0.3) is 0 Å². The van der Waals surface area contributed by atoms with Crippen LogP contribution in [-0.2, 0) is 0 Å². The molecule has 1 heterocycles. The molecule has 1 fully saturated rings. The molecule has 1 saturated carbocycles. The molecule has 1 N–H and O–H groups in total. The Bertz CT molecular complexity index is 431. The fourth-order valence-electron chi connectivity index (χ4n) is 1.90. The second-order valence-electron chi connectivity index (χ2n) is 4.06. The van der Waals surface area contributed by atoms with Crippen molar-refractivity contribution in [2.24, 2.45) is 0 Å². The van der Waals surface area contributed by atoms with Crippen LogP contribution in [0.15, 0.2) is 12.1 Å². The van der Waals surface area contributed by atoms with E-state index in [2.05, 4.69) is 10.3 Å². The Morgan fingerprint density at radius 2 is 2.29 bits per heavy atom. The number of nitrogens with zero attached hydrogens (tertiary/aromatic N) is 3. The summed E-state index contributed by atoms with van der Waals surface area (Å²) in [6.07, 6.45) is 2.19. The van der Waals surface area contributed by atoms with Gasteiger partial charge in [0.2, 0.25) is 5.82 Å². The van der Waals surface area contributed by atoms with Gasteiger partial charge in [-0.05, 0) is 25.8 Å². The van der Waals surface area contributed by atoms with Crippen molar-refractivity contribution in [1.82, 2.24) is 4.98 Å². The highest BCUT2D eigenvalue weighted by molar-refractivity contribution is 5.62. The average Bonchev–Trinajstić information content (AvgIpc) is 3.14. The van der Waals surface area contributed by atoms with Crippen molar-refractivity contribution >= 4 is 17.3 Å². The fourth-order valence-corrected chi connectivity index (χ4v) is 1.90. The molecule has 1 aromatic heterocycles. The molecule has 2 rings (SSSR count). The molecule has 1 aliphatic carbocycles. The molecular weight excluding hydrogens is 220 g/mol. The summed E-state index contributed by atoms with van der Waals surface area (Å²) < 4.78 is 0. The SMILES string of the molecule is CCN(c1nc(NC)ccc1[N+](=O)[O-])C1CC1. The van der Waals surface area contributed by atoms with Crippen LogP contribution in [0.3, 0.4) is 0 Å². The molecule has 0 aliphatic heterocycles. The third-order valence-corrected chi connectivity index (χ3v) is 2.91. The minimum absolute atomic E-state index is 0.0813. The molecule has 0 amide bonds. The van der Waals surface area contributed by atoms with E-state index in [0.29, 0.717) is 17.7 Å². The van der Waals surface area contributed by atoms with Crippen molar-refractivity contribution in [2.45, 2.75) is 25.8 Å². The lowest BCUT2D eigenvalue weighted by atomic mass is 10.3. The average molecular weight is 236 g/mol. The van der Waals surface area contributed by atoms with E-state index in [1.165, 1.54) is 6.07 Å². The second-order valence-corrected chi connectivity index (χ2v) is 4.06. The number of rotatable bonds is 5. The highest BCUT2D eigenvalue weighted by Crippen LogP contribution is 2.35. The summed E-state index contributed by atoms with van der Waals surface area (Å²) in [6.45, 7) is 2.74. The standard InChI is InChI=1S/C11H16N4O2/c1-3-14(8-4-5-8)11-9(15(16)17)6-7-10(12-2)13-11/h6-8H,3-5H2,1-2H3,(H,12,13). The largest absolute Gasteiger partial charge is 0.373 e. The first-order valence-corrected chi connectivity index (χ1v) is 5.77. The summed E-state index contributed by atoms with van der Waals surface area (Å²) in [4.78, 5) is 17.0. The Labute approximate surface area is 99.8 Å². The Morgan fingerprint density at radius 3 is 2.76 bits per heavy atom. The van der Waals surface area contributed by atoms with Gasteiger partial charge in [0.25, 0.3) is 0 Å². The van der Waals surface area contributed by atoms with Crippen molar-refractivity contribution in [3.05, 3.63) is 22.2 Å². The van der Waals surface area contributed by atoms with Gasteiger partial charge in [0.05, 0.1) is 4.92 Å². The lowest BCUT2D eigenvalue weighted by Crippen LogP contribution is -2.27. The molecule has 17 heavy (non-hydrogen) atoms. The number of anilines is 2. The monoisotopic (exact) mass is 236 g/mol. The van der Waals surface area contributed by atoms with E-state index in [0.717, 1.165) is 19.4 Å². The van der Waals surface area contributed by atoms with Gasteiger partial charge < -0.3 is 10.2 Å². The smallest absolute Gasteiger partial charge is 0.311 e. The summed E-state index contributed by atoms with van der Waals surface area (Å²) in [5.74, 6) is 1.14. The zero-order chi connectivity index (χ0) is 12.4. The van der Waals surface area contributed by atoms with Crippen LogP contribution in [0.1, 0.15) is 19.8 Å². The Balaban J connectivity index is 2.42. The third-order valence-electron chi connectivity index (χ3n) is 2.91. The highest BCUT2D eigenvalue weighted by Gasteiger charge is 2.33. The summed E-state index contributed by atoms with van der Waals surface area (Å²) in [5, 5.41) is 13.9. The van der Waals surface area contributed by atoms with E-state index in [1.54, 1.807) is 13.1 Å². The molecule has 0 radical (unpaired) electrons. The minimum Gasteiger partial charge on any atom is -0.373 e. The van der Waals surface area contributed by atoms with Gasteiger partial charge in [-0.3, -0.25) is 10.1 Å². The predicted molar refractivity (Wildman–Crippen MR) is 66.5 cm³/mol. The van der Waals surface area contributed by atoms with Gasteiger partial charge in [-0.25, -0.2) is 4.98 Å². The number of aromatic nitrogens is 1. The van der Waals surface area contributed by atoms with Crippen LogP contribution in [0, 0.1) is 10.1 Å². The number of hydrogen-bond acceptors (Lipinski definition) is 5. The quantitative estimate of drug-likeness (QED) is 0.625. The Kier molecular flexibility index (Phi) is 3.12. The van der Waals surface area contributed by atoms with Gasteiger partial charge in [-0.15, -0.1) is 0 Å². The van der Waals surface area contributed by atoms with Gasteiger partial charge in [-0.1, -0.05) is 0 Å². The van der Waals surface area contributed by atoms with E-state index in [9.17, 15) is 10.1 Å². The van der Waals surface area contributed by atoms with Gasteiger partial charge in [0.1, 0.15) is 5.82 Å². The molecule has 1 aliphatic rings. The summed E-state index contributed by atoms with van der Waals surface area (Å²) in [5.41, 5.74) is 0.0813. The molecule has 92 valence electrons. The molecule has 6 heteroatoms. The van der Waals surface area contributed by atoms with Crippen LogP contribution in [0.2, 0.25) is 0 Å². The van der Waals surface area contributed by atoms with E-state index in [1.807, 2.05) is 11.8 Å². The summed E-state index contributed by atoms with van der Waals surface area (Å²) >= 11 is 0. The first-order valence-electron chi connectivity index (χ1n) is 5.77. The lowest BCUT2D eigenvalue weighted by molar-refractivity contribution is -0.384. The van der Waals surface area contributed by atoms with Crippen molar-refractivity contribution in [3.63, 3.8) is 0 Å². The lowest BCUT2D eigenvalue weighted by Gasteiger charge is -2.21. The van der Waals surface area contributed by atoms with Crippen molar-refractivity contribution in [2.75, 3.05) is 23.8 Å². The molecule has 0 bridgehead atoms. The Hall–Kier alpha value is -1.85. The highest BCUT2D eigenvalue weighted by atomic mass is 16.6. The van der Waals surface area contributed by atoms with Crippen molar-refractivity contribution in [1.29, 1.82) is 0 Å². The van der Waals surface area contributed by atoms with E-state index >= 15 is 0 Å². The molecule has 0 saturated heterocycles. The summed E-state index contributed by atoms with van der Waals surface area (Å²) in [6, 6.07) is 3.56. The van der Waals surface area contributed by atoms with Gasteiger partial charge in [0.15, 0.2) is 0 Å². The number of nitro groups is 1.